The fraction of sp³-hybridized carbons (Fsp3) is 0.400. The number of rotatable bonds is 6. The highest BCUT2D eigenvalue weighted by atomic mass is 16.5. The lowest BCUT2D eigenvalue weighted by molar-refractivity contribution is -0.146. The Balaban J connectivity index is 1.55. The minimum atomic E-state index is -0.464. The standard InChI is InChI=1S/C20H23N3O5/c1-22(11-17(24)21-13-6-5-7-14(10-13)28-2)18(25)12-23-19(26)15-8-3-4-9-16(15)20(23)27/h3-7,10,15-16H,8-9,11-12H2,1-2H3,(H,21,24)/t15-,16-/m1/s1. The first-order chi connectivity index (χ1) is 13.4. The van der Waals surface area contributed by atoms with Crippen molar-refractivity contribution in [3.63, 3.8) is 0 Å². The number of fused-ring (bicyclic) bond motifs is 1. The van der Waals surface area contributed by atoms with Gasteiger partial charge in [-0.3, -0.25) is 24.1 Å². The summed E-state index contributed by atoms with van der Waals surface area (Å²) in [5.74, 6) is -1.60. The molecule has 148 valence electrons. The molecule has 1 aromatic carbocycles. The normalized spacial score (nSPS) is 20.7. The molecule has 0 radical (unpaired) electrons. The van der Waals surface area contributed by atoms with Crippen LogP contribution in [-0.2, 0) is 19.2 Å². The van der Waals surface area contributed by atoms with E-state index >= 15 is 0 Å². The zero-order valence-electron chi connectivity index (χ0n) is 15.9. The van der Waals surface area contributed by atoms with E-state index in [0.29, 0.717) is 24.3 Å². The number of nitrogens with one attached hydrogen (secondary N) is 1. The van der Waals surface area contributed by atoms with Crippen LogP contribution in [0.1, 0.15) is 12.8 Å². The van der Waals surface area contributed by atoms with Crippen LogP contribution in [-0.4, -0.2) is 60.7 Å². The SMILES string of the molecule is COc1cccc(NC(=O)CN(C)C(=O)CN2C(=O)[C@@H]3CC=CC[C@H]3C2=O)c1. The van der Waals surface area contributed by atoms with Crippen molar-refractivity contribution in [1.82, 2.24) is 9.80 Å². The summed E-state index contributed by atoms with van der Waals surface area (Å²) in [6.45, 7) is -0.533. The molecule has 0 aromatic heterocycles. The number of carbonyl (C=O) groups is 4. The predicted octanol–water partition coefficient (Wildman–Crippen LogP) is 1.04. The van der Waals surface area contributed by atoms with Gasteiger partial charge in [-0.25, -0.2) is 0 Å². The number of nitrogens with zero attached hydrogens (tertiary/aromatic N) is 2. The fourth-order valence-corrected chi connectivity index (χ4v) is 3.49. The molecule has 0 saturated carbocycles. The van der Waals surface area contributed by atoms with E-state index in [1.165, 1.54) is 19.1 Å². The summed E-state index contributed by atoms with van der Waals surface area (Å²) in [6, 6.07) is 6.86. The number of carbonyl (C=O) groups excluding carboxylic acids is 4. The molecule has 4 amide bonds. The highest BCUT2D eigenvalue weighted by Gasteiger charge is 2.47. The van der Waals surface area contributed by atoms with E-state index in [1.807, 2.05) is 12.2 Å². The van der Waals surface area contributed by atoms with Crippen LogP contribution in [0, 0.1) is 11.8 Å². The van der Waals surface area contributed by atoms with Gasteiger partial charge in [0, 0.05) is 18.8 Å². The van der Waals surface area contributed by atoms with Crippen LogP contribution in [0.2, 0.25) is 0 Å². The molecule has 0 bridgehead atoms. The van der Waals surface area contributed by atoms with Gasteiger partial charge in [-0.05, 0) is 25.0 Å². The number of likely N-dealkylation sites (tertiary alicyclic amines) is 1. The highest BCUT2D eigenvalue weighted by molar-refractivity contribution is 6.07. The zero-order chi connectivity index (χ0) is 20.3. The average molecular weight is 385 g/mol. The number of ether oxygens (including phenoxy) is 1. The lowest BCUT2D eigenvalue weighted by atomic mass is 9.85. The molecule has 2 atom stereocenters. The first-order valence-corrected chi connectivity index (χ1v) is 9.08. The second-order valence-corrected chi connectivity index (χ2v) is 6.95. The minimum absolute atomic E-state index is 0.194. The molecule has 1 N–H and O–H groups in total. The number of hydrogen-bond acceptors (Lipinski definition) is 5. The van der Waals surface area contributed by atoms with Gasteiger partial charge in [-0.2, -0.15) is 0 Å². The van der Waals surface area contributed by atoms with Crippen LogP contribution in [0.15, 0.2) is 36.4 Å². The molecule has 2 aliphatic rings. The first-order valence-electron chi connectivity index (χ1n) is 9.08. The van der Waals surface area contributed by atoms with Crippen molar-refractivity contribution in [2.45, 2.75) is 12.8 Å². The topological polar surface area (TPSA) is 96.0 Å². The summed E-state index contributed by atoms with van der Waals surface area (Å²) >= 11 is 0. The van der Waals surface area contributed by atoms with Crippen LogP contribution in [0.25, 0.3) is 0 Å². The van der Waals surface area contributed by atoms with Crippen molar-refractivity contribution in [2.24, 2.45) is 11.8 Å². The number of allylic oxidation sites excluding steroid dienone is 2. The van der Waals surface area contributed by atoms with E-state index in [0.717, 1.165) is 4.90 Å². The van der Waals surface area contributed by atoms with E-state index in [4.69, 9.17) is 4.74 Å². The Hall–Kier alpha value is -3.16. The summed E-state index contributed by atoms with van der Waals surface area (Å²) < 4.78 is 5.10. The van der Waals surface area contributed by atoms with E-state index in [-0.39, 0.29) is 42.6 Å². The van der Waals surface area contributed by atoms with Crippen molar-refractivity contribution in [2.75, 3.05) is 32.6 Å². The quantitative estimate of drug-likeness (QED) is 0.583. The molecule has 3 rings (SSSR count). The van der Waals surface area contributed by atoms with E-state index < -0.39 is 5.91 Å². The summed E-state index contributed by atoms with van der Waals surface area (Å²) in [5.41, 5.74) is 0.548. The van der Waals surface area contributed by atoms with Crippen molar-refractivity contribution < 1.29 is 23.9 Å². The van der Waals surface area contributed by atoms with Gasteiger partial charge >= 0.3 is 0 Å². The molecule has 1 fully saturated rings. The summed E-state index contributed by atoms with van der Waals surface area (Å²) in [4.78, 5) is 51.8. The predicted molar refractivity (Wildman–Crippen MR) is 101 cm³/mol. The number of anilines is 1. The molecule has 1 aliphatic heterocycles. The number of methoxy groups -OCH3 is 1. The third kappa shape index (κ3) is 4.05. The van der Waals surface area contributed by atoms with Crippen molar-refractivity contribution >= 4 is 29.3 Å². The highest BCUT2D eigenvalue weighted by Crippen LogP contribution is 2.34. The van der Waals surface area contributed by atoms with Gasteiger partial charge in [0.05, 0.1) is 25.5 Å². The van der Waals surface area contributed by atoms with Gasteiger partial charge in [0.15, 0.2) is 0 Å². The van der Waals surface area contributed by atoms with Gasteiger partial charge < -0.3 is 15.0 Å². The smallest absolute Gasteiger partial charge is 0.243 e. The third-order valence-electron chi connectivity index (χ3n) is 5.05. The second-order valence-electron chi connectivity index (χ2n) is 6.95. The minimum Gasteiger partial charge on any atom is -0.497 e. The Kier molecular flexibility index (Phi) is 5.77. The molecule has 1 aromatic rings. The van der Waals surface area contributed by atoms with Crippen molar-refractivity contribution in [3.8, 4) is 5.75 Å². The first kappa shape index (κ1) is 19.6. The van der Waals surface area contributed by atoms with E-state index in [1.54, 1.807) is 24.3 Å². The number of benzene rings is 1. The van der Waals surface area contributed by atoms with Crippen LogP contribution in [0.5, 0.6) is 5.75 Å². The Bertz CT molecular complexity index is 809. The lowest BCUT2D eigenvalue weighted by Gasteiger charge is -2.20. The molecular weight excluding hydrogens is 362 g/mol. The Morgan fingerprint density at radius 1 is 1.18 bits per heavy atom. The van der Waals surface area contributed by atoms with Gasteiger partial charge in [0.2, 0.25) is 23.6 Å². The molecule has 8 nitrogen and oxygen atoms in total. The summed E-state index contributed by atoms with van der Waals surface area (Å²) in [6.07, 6.45) is 4.84. The van der Waals surface area contributed by atoms with Gasteiger partial charge in [0.1, 0.15) is 12.3 Å². The van der Waals surface area contributed by atoms with Gasteiger partial charge in [-0.15, -0.1) is 0 Å². The summed E-state index contributed by atoms with van der Waals surface area (Å²) in [5, 5.41) is 2.69. The number of amides is 4. The molecule has 1 aliphatic carbocycles. The molecule has 0 unspecified atom stereocenters. The maximum absolute atomic E-state index is 12.4. The van der Waals surface area contributed by atoms with Gasteiger partial charge in [-0.1, -0.05) is 18.2 Å². The fourth-order valence-electron chi connectivity index (χ4n) is 3.49. The monoisotopic (exact) mass is 385 g/mol. The largest absolute Gasteiger partial charge is 0.497 e. The van der Waals surface area contributed by atoms with Crippen LogP contribution >= 0.6 is 0 Å². The van der Waals surface area contributed by atoms with Crippen LogP contribution in [0.4, 0.5) is 5.69 Å². The van der Waals surface area contributed by atoms with Gasteiger partial charge in [0.25, 0.3) is 0 Å². The molecule has 1 heterocycles. The molecule has 0 spiro atoms. The Labute approximate surface area is 163 Å². The molecule has 1 saturated heterocycles. The summed E-state index contributed by atoms with van der Waals surface area (Å²) in [7, 11) is 2.99. The van der Waals surface area contributed by atoms with Crippen molar-refractivity contribution in [3.05, 3.63) is 36.4 Å². The van der Waals surface area contributed by atoms with Crippen molar-refractivity contribution in [1.29, 1.82) is 0 Å². The van der Waals surface area contributed by atoms with E-state index in [9.17, 15) is 19.2 Å². The third-order valence-corrected chi connectivity index (χ3v) is 5.05. The maximum atomic E-state index is 12.4. The van der Waals surface area contributed by atoms with Crippen LogP contribution in [0.3, 0.4) is 0 Å². The second kappa shape index (κ2) is 8.24. The Morgan fingerprint density at radius 2 is 1.82 bits per heavy atom. The van der Waals surface area contributed by atoms with Crippen LogP contribution < -0.4 is 10.1 Å². The lowest BCUT2D eigenvalue weighted by Crippen LogP contribution is -2.44. The number of likely N-dealkylation sites (N-methyl/N-ethyl adjacent to an activating group) is 1. The average Bonchev–Trinajstić information content (AvgIpc) is 2.93. The Morgan fingerprint density at radius 3 is 2.43 bits per heavy atom. The number of imide groups is 1. The number of hydrogen-bond donors (Lipinski definition) is 1. The molecular formula is C20H23N3O5. The zero-order valence-corrected chi connectivity index (χ0v) is 15.9. The molecule has 28 heavy (non-hydrogen) atoms. The van der Waals surface area contributed by atoms with E-state index in [2.05, 4.69) is 5.32 Å². The maximum Gasteiger partial charge on any atom is 0.243 e. The molecule has 8 heteroatoms.